The number of aryl methyl sites for hydroxylation is 1. The number of aliphatic imine (C=N–C) groups is 1. The molecule has 0 saturated heterocycles. The number of carbonyl (C=O) groups is 3. The van der Waals surface area contributed by atoms with Crippen molar-refractivity contribution >= 4 is 46.5 Å². The number of thioether (sulfide) groups is 1. The molecule has 0 saturated carbocycles. The van der Waals surface area contributed by atoms with Gasteiger partial charge in [0.1, 0.15) is 5.70 Å². The molecule has 2 aromatic rings. The van der Waals surface area contributed by atoms with Crippen molar-refractivity contribution in [2.75, 3.05) is 24.3 Å². The fourth-order valence-electron chi connectivity index (χ4n) is 3.39. The first-order chi connectivity index (χ1) is 16.8. The molecule has 1 aliphatic rings. The minimum absolute atomic E-state index is 0.100. The van der Waals surface area contributed by atoms with Crippen LogP contribution in [-0.4, -0.2) is 42.4 Å². The molecule has 1 aliphatic heterocycles. The number of benzene rings is 2. The number of rotatable bonds is 9. The van der Waals surface area contributed by atoms with E-state index >= 15 is 0 Å². The van der Waals surface area contributed by atoms with Crippen LogP contribution in [0.4, 0.5) is 5.69 Å². The van der Waals surface area contributed by atoms with Crippen LogP contribution >= 0.6 is 11.8 Å². The number of hydrogen-bond donors (Lipinski definition) is 1. The number of hydrogen-bond acceptors (Lipinski definition) is 6. The Labute approximate surface area is 210 Å². The number of anilines is 1. The smallest absolute Gasteiger partial charge is 0.305 e. The quantitative estimate of drug-likeness (QED) is 0.312. The van der Waals surface area contributed by atoms with E-state index in [1.165, 1.54) is 24.4 Å². The van der Waals surface area contributed by atoms with E-state index in [1.54, 1.807) is 11.0 Å². The second-order valence-corrected chi connectivity index (χ2v) is 9.48. The lowest BCUT2D eigenvalue weighted by molar-refractivity contribution is -0.140. The largest absolute Gasteiger partial charge is 0.469 e. The molecule has 35 heavy (non-hydrogen) atoms. The molecule has 0 unspecified atom stereocenters. The molecule has 3 rings (SSSR count). The average Bonchev–Trinajstić information content (AvgIpc) is 3.15. The van der Waals surface area contributed by atoms with Gasteiger partial charge in [0.25, 0.3) is 5.91 Å². The SMILES string of the molecule is COC(=O)CCCNC(=O)CSC1=NC(=Cc2ccc(C(C)C)cc2)C(=O)N1c1ccc(C)cc1. The Morgan fingerprint density at radius 2 is 1.80 bits per heavy atom. The second-order valence-electron chi connectivity index (χ2n) is 8.54. The van der Waals surface area contributed by atoms with Gasteiger partial charge in [-0.3, -0.25) is 19.3 Å². The van der Waals surface area contributed by atoms with Crippen LogP contribution in [0, 0.1) is 6.92 Å². The average molecular weight is 494 g/mol. The maximum atomic E-state index is 13.3. The van der Waals surface area contributed by atoms with E-state index in [1.807, 2.05) is 43.3 Å². The summed E-state index contributed by atoms with van der Waals surface area (Å²) < 4.78 is 4.60. The Hall–Kier alpha value is -3.39. The maximum Gasteiger partial charge on any atom is 0.305 e. The summed E-state index contributed by atoms with van der Waals surface area (Å²) in [4.78, 5) is 43.0. The number of nitrogens with zero attached hydrogens (tertiary/aromatic N) is 2. The summed E-state index contributed by atoms with van der Waals surface area (Å²) in [5.41, 5.74) is 4.22. The first kappa shape index (κ1) is 26.2. The minimum atomic E-state index is -0.306. The van der Waals surface area contributed by atoms with Crippen LogP contribution in [0.1, 0.15) is 49.3 Å². The molecular weight excluding hydrogens is 462 g/mol. The number of esters is 1. The highest BCUT2D eigenvalue weighted by Gasteiger charge is 2.32. The predicted molar refractivity (Wildman–Crippen MR) is 141 cm³/mol. The lowest BCUT2D eigenvalue weighted by Crippen LogP contribution is -2.32. The zero-order valence-corrected chi connectivity index (χ0v) is 21.4. The Kier molecular flexibility index (Phi) is 9.25. The highest BCUT2D eigenvalue weighted by atomic mass is 32.2. The Morgan fingerprint density at radius 3 is 2.43 bits per heavy atom. The number of amides is 2. The summed E-state index contributed by atoms with van der Waals surface area (Å²) in [7, 11) is 1.34. The van der Waals surface area contributed by atoms with Gasteiger partial charge in [-0.2, -0.15) is 0 Å². The van der Waals surface area contributed by atoms with Crippen LogP contribution in [0.5, 0.6) is 0 Å². The van der Waals surface area contributed by atoms with Crippen molar-refractivity contribution in [1.29, 1.82) is 0 Å². The van der Waals surface area contributed by atoms with Gasteiger partial charge in [-0.15, -0.1) is 0 Å². The number of nitrogens with one attached hydrogen (secondary N) is 1. The molecule has 184 valence electrons. The molecule has 8 heteroatoms. The lowest BCUT2D eigenvalue weighted by Gasteiger charge is -2.18. The van der Waals surface area contributed by atoms with E-state index in [-0.39, 0.29) is 30.0 Å². The fraction of sp³-hybridized carbons (Fsp3) is 0.333. The van der Waals surface area contributed by atoms with E-state index in [4.69, 9.17) is 0 Å². The Morgan fingerprint density at radius 1 is 1.11 bits per heavy atom. The number of ether oxygens (including phenoxy) is 1. The van der Waals surface area contributed by atoms with Crippen LogP contribution < -0.4 is 10.2 Å². The van der Waals surface area contributed by atoms with E-state index < -0.39 is 0 Å². The summed E-state index contributed by atoms with van der Waals surface area (Å²) in [5.74, 6) is -0.208. The van der Waals surface area contributed by atoms with Crippen molar-refractivity contribution in [2.24, 2.45) is 4.99 Å². The topological polar surface area (TPSA) is 88.1 Å². The second kappa shape index (κ2) is 12.4. The van der Waals surface area contributed by atoms with Gasteiger partial charge < -0.3 is 10.1 Å². The third kappa shape index (κ3) is 7.29. The van der Waals surface area contributed by atoms with E-state index in [0.717, 1.165) is 11.1 Å². The zero-order chi connectivity index (χ0) is 25.4. The standard InChI is InChI=1S/C27H31N3O4S/c1-18(2)21-11-9-20(10-12-21)16-23-26(33)30(22-13-7-19(3)8-14-22)27(29-23)35-17-24(31)28-15-5-6-25(32)34-4/h7-14,16,18H,5-6,15,17H2,1-4H3,(H,28,31). The molecule has 0 fully saturated rings. The lowest BCUT2D eigenvalue weighted by atomic mass is 10.0. The molecule has 1 N–H and O–H groups in total. The van der Waals surface area contributed by atoms with E-state index in [9.17, 15) is 14.4 Å². The van der Waals surface area contributed by atoms with Crippen molar-refractivity contribution in [2.45, 2.75) is 39.5 Å². The van der Waals surface area contributed by atoms with Crippen molar-refractivity contribution in [3.63, 3.8) is 0 Å². The zero-order valence-electron chi connectivity index (χ0n) is 20.5. The van der Waals surface area contributed by atoms with Gasteiger partial charge in [-0.05, 0) is 48.6 Å². The van der Waals surface area contributed by atoms with Crippen molar-refractivity contribution in [3.05, 3.63) is 70.9 Å². The normalized spacial score (nSPS) is 14.4. The van der Waals surface area contributed by atoms with Crippen LogP contribution in [0.25, 0.3) is 6.08 Å². The summed E-state index contributed by atoms with van der Waals surface area (Å²) in [6.45, 7) is 6.63. The van der Waals surface area contributed by atoms with Crippen LogP contribution in [0.2, 0.25) is 0 Å². The van der Waals surface area contributed by atoms with E-state index in [2.05, 4.69) is 41.0 Å². The first-order valence-corrected chi connectivity index (χ1v) is 12.5. The Balaban J connectivity index is 1.74. The molecule has 0 spiro atoms. The van der Waals surface area contributed by atoms with Crippen molar-refractivity contribution < 1.29 is 19.1 Å². The van der Waals surface area contributed by atoms with Crippen LogP contribution in [-0.2, 0) is 19.1 Å². The highest BCUT2D eigenvalue weighted by molar-refractivity contribution is 8.14. The van der Waals surface area contributed by atoms with E-state index in [0.29, 0.717) is 35.4 Å². The number of carbonyl (C=O) groups excluding carboxylic acids is 3. The minimum Gasteiger partial charge on any atom is -0.469 e. The summed E-state index contributed by atoms with van der Waals surface area (Å²) in [6, 6.07) is 15.7. The summed E-state index contributed by atoms with van der Waals surface area (Å²) >= 11 is 1.20. The third-order valence-corrected chi connectivity index (χ3v) is 6.41. The van der Waals surface area contributed by atoms with Gasteiger partial charge in [-0.25, -0.2) is 4.99 Å². The number of methoxy groups -OCH3 is 1. The monoisotopic (exact) mass is 493 g/mol. The van der Waals surface area contributed by atoms with Gasteiger partial charge in [0, 0.05) is 13.0 Å². The van der Waals surface area contributed by atoms with Gasteiger partial charge in [0.2, 0.25) is 5.91 Å². The van der Waals surface area contributed by atoms with Gasteiger partial charge >= 0.3 is 5.97 Å². The molecule has 0 atom stereocenters. The van der Waals surface area contributed by atoms with Crippen molar-refractivity contribution in [3.8, 4) is 0 Å². The molecular formula is C27H31N3O4S. The van der Waals surface area contributed by atoms with Crippen molar-refractivity contribution in [1.82, 2.24) is 5.32 Å². The molecule has 0 aromatic heterocycles. The fourth-order valence-corrected chi connectivity index (χ4v) is 4.24. The third-order valence-electron chi connectivity index (χ3n) is 5.47. The van der Waals surface area contributed by atoms with Gasteiger partial charge in [-0.1, -0.05) is 67.6 Å². The maximum absolute atomic E-state index is 13.3. The highest BCUT2D eigenvalue weighted by Crippen LogP contribution is 2.30. The molecule has 0 aliphatic carbocycles. The van der Waals surface area contributed by atoms with Crippen LogP contribution in [0.15, 0.2) is 59.2 Å². The first-order valence-electron chi connectivity index (χ1n) is 11.6. The summed E-state index contributed by atoms with van der Waals surface area (Å²) in [6.07, 6.45) is 2.52. The van der Waals surface area contributed by atoms with Crippen LogP contribution in [0.3, 0.4) is 0 Å². The van der Waals surface area contributed by atoms with Gasteiger partial charge in [0.15, 0.2) is 5.17 Å². The molecule has 1 heterocycles. The molecule has 0 bridgehead atoms. The van der Waals surface area contributed by atoms with Gasteiger partial charge in [0.05, 0.1) is 18.6 Å². The molecule has 2 aromatic carbocycles. The molecule has 2 amide bonds. The number of amidine groups is 1. The predicted octanol–water partition coefficient (Wildman–Crippen LogP) is 4.66. The molecule has 7 nitrogen and oxygen atoms in total. The Bertz CT molecular complexity index is 1120. The summed E-state index contributed by atoms with van der Waals surface area (Å²) in [5, 5.41) is 3.24. The molecule has 0 radical (unpaired) electrons.